The smallest absolute Gasteiger partial charge is 0.344 e. The lowest BCUT2D eigenvalue weighted by Gasteiger charge is -2.16. The summed E-state index contributed by atoms with van der Waals surface area (Å²) in [6.07, 6.45) is 1.76. The van der Waals surface area contributed by atoms with Gasteiger partial charge >= 0.3 is 5.97 Å². The second-order valence-corrected chi connectivity index (χ2v) is 5.74. The maximum Gasteiger partial charge on any atom is 0.344 e. The molecule has 7 heteroatoms. The Morgan fingerprint density at radius 3 is 2.76 bits per heavy atom. The summed E-state index contributed by atoms with van der Waals surface area (Å²) in [5.41, 5.74) is 2.59. The molecule has 0 radical (unpaired) electrons. The molecular formula is C18H18N2O5. The number of anilines is 1. The largest absolute Gasteiger partial charge is 0.496 e. The third kappa shape index (κ3) is 3.13. The SMILES string of the molecule is COC(=O)c1cc(NC2CCc3c(OC)cccc32)ccc1[N+](=O)[O-]. The van der Waals surface area contributed by atoms with E-state index in [-0.39, 0.29) is 17.3 Å². The first-order valence-corrected chi connectivity index (χ1v) is 7.84. The number of carbonyl (C=O) groups excluding carboxylic acids is 1. The van der Waals surface area contributed by atoms with Crippen LogP contribution in [-0.2, 0) is 11.2 Å². The Kier molecular flexibility index (Phi) is 4.56. The van der Waals surface area contributed by atoms with Gasteiger partial charge in [-0.05, 0) is 42.2 Å². The maximum absolute atomic E-state index is 11.8. The fourth-order valence-corrected chi connectivity index (χ4v) is 3.22. The van der Waals surface area contributed by atoms with Crippen molar-refractivity contribution in [2.75, 3.05) is 19.5 Å². The molecule has 0 aliphatic heterocycles. The van der Waals surface area contributed by atoms with Gasteiger partial charge in [-0.15, -0.1) is 0 Å². The first-order chi connectivity index (χ1) is 12.0. The molecule has 1 N–H and O–H groups in total. The van der Waals surface area contributed by atoms with E-state index in [1.165, 1.54) is 19.2 Å². The van der Waals surface area contributed by atoms with E-state index in [2.05, 4.69) is 10.1 Å². The number of nitrogens with zero attached hydrogens (tertiary/aromatic N) is 1. The van der Waals surface area contributed by atoms with Crippen molar-refractivity contribution >= 4 is 17.3 Å². The Bertz CT molecular complexity index is 834. The number of rotatable bonds is 5. The van der Waals surface area contributed by atoms with Gasteiger partial charge < -0.3 is 14.8 Å². The van der Waals surface area contributed by atoms with Gasteiger partial charge in [-0.2, -0.15) is 0 Å². The Morgan fingerprint density at radius 2 is 2.08 bits per heavy atom. The summed E-state index contributed by atoms with van der Waals surface area (Å²) in [6, 6.07) is 10.3. The highest BCUT2D eigenvalue weighted by Crippen LogP contribution is 2.39. The van der Waals surface area contributed by atoms with Crippen LogP contribution in [0.15, 0.2) is 36.4 Å². The minimum absolute atomic E-state index is 0.0528. The lowest BCUT2D eigenvalue weighted by Crippen LogP contribution is -2.10. The molecule has 0 heterocycles. The van der Waals surface area contributed by atoms with Crippen LogP contribution >= 0.6 is 0 Å². The van der Waals surface area contributed by atoms with Crippen molar-refractivity contribution in [2.45, 2.75) is 18.9 Å². The molecule has 130 valence electrons. The Morgan fingerprint density at radius 1 is 1.28 bits per heavy atom. The first kappa shape index (κ1) is 16.8. The normalized spacial score (nSPS) is 15.4. The zero-order valence-corrected chi connectivity index (χ0v) is 13.9. The van der Waals surface area contributed by atoms with Crippen LogP contribution in [0.2, 0.25) is 0 Å². The van der Waals surface area contributed by atoms with E-state index in [0.29, 0.717) is 5.69 Å². The van der Waals surface area contributed by atoms with Crippen molar-refractivity contribution in [1.29, 1.82) is 0 Å². The average Bonchev–Trinajstić information content (AvgIpc) is 3.03. The molecule has 0 bridgehead atoms. The Labute approximate surface area is 144 Å². The van der Waals surface area contributed by atoms with E-state index in [9.17, 15) is 14.9 Å². The van der Waals surface area contributed by atoms with Crippen molar-refractivity contribution in [1.82, 2.24) is 0 Å². The molecule has 0 amide bonds. The van der Waals surface area contributed by atoms with Crippen LogP contribution in [0.5, 0.6) is 5.75 Å². The summed E-state index contributed by atoms with van der Waals surface area (Å²) >= 11 is 0. The second-order valence-electron chi connectivity index (χ2n) is 5.74. The number of nitro benzene ring substituents is 1. The lowest BCUT2D eigenvalue weighted by molar-refractivity contribution is -0.385. The quantitative estimate of drug-likeness (QED) is 0.508. The molecule has 0 saturated carbocycles. The molecule has 0 fully saturated rings. The molecule has 1 unspecified atom stereocenters. The minimum Gasteiger partial charge on any atom is -0.496 e. The highest BCUT2D eigenvalue weighted by atomic mass is 16.6. The predicted molar refractivity (Wildman–Crippen MR) is 92.1 cm³/mol. The van der Waals surface area contributed by atoms with E-state index < -0.39 is 10.9 Å². The fraction of sp³-hybridized carbons (Fsp3) is 0.278. The van der Waals surface area contributed by atoms with Gasteiger partial charge in [0.15, 0.2) is 0 Å². The number of fused-ring (bicyclic) bond motifs is 1. The van der Waals surface area contributed by atoms with Crippen molar-refractivity contribution in [3.8, 4) is 5.75 Å². The highest BCUT2D eigenvalue weighted by molar-refractivity contribution is 5.95. The maximum atomic E-state index is 11.8. The molecule has 3 rings (SSSR count). The minimum atomic E-state index is -0.733. The fourth-order valence-electron chi connectivity index (χ4n) is 3.22. The van der Waals surface area contributed by atoms with Crippen molar-refractivity contribution < 1.29 is 19.2 Å². The topological polar surface area (TPSA) is 90.7 Å². The standard InChI is InChI=1S/C18H18N2O5/c1-24-17-5-3-4-12-13(17)7-8-15(12)19-11-6-9-16(20(22)23)14(10-11)18(21)25-2/h3-6,9-10,15,19H,7-8H2,1-2H3. The number of carbonyl (C=O) groups is 1. The lowest BCUT2D eigenvalue weighted by atomic mass is 10.1. The molecule has 0 saturated heterocycles. The molecule has 0 spiro atoms. The number of nitrogens with one attached hydrogen (secondary N) is 1. The first-order valence-electron chi connectivity index (χ1n) is 7.84. The number of benzene rings is 2. The van der Waals surface area contributed by atoms with Crippen molar-refractivity contribution in [2.24, 2.45) is 0 Å². The number of esters is 1. The van der Waals surface area contributed by atoms with Crippen LogP contribution in [-0.4, -0.2) is 25.1 Å². The molecule has 1 aliphatic rings. The Balaban J connectivity index is 1.91. The molecule has 1 atom stereocenters. The van der Waals surface area contributed by atoms with Crippen molar-refractivity contribution in [3.63, 3.8) is 0 Å². The molecule has 1 aliphatic carbocycles. The van der Waals surface area contributed by atoms with Crippen LogP contribution in [0.4, 0.5) is 11.4 Å². The van der Waals surface area contributed by atoms with Gasteiger partial charge in [-0.25, -0.2) is 4.79 Å². The Hall–Kier alpha value is -3.09. The number of hydrogen-bond donors (Lipinski definition) is 1. The van der Waals surface area contributed by atoms with Gasteiger partial charge in [0.05, 0.1) is 25.2 Å². The number of ether oxygens (including phenoxy) is 2. The number of methoxy groups -OCH3 is 2. The summed E-state index contributed by atoms with van der Waals surface area (Å²) in [5.74, 6) is 0.129. The summed E-state index contributed by atoms with van der Waals surface area (Å²) < 4.78 is 10.0. The van der Waals surface area contributed by atoms with Crippen molar-refractivity contribution in [3.05, 3.63) is 63.2 Å². The molecule has 2 aromatic rings. The van der Waals surface area contributed by atoms with Crippen LogP contribution in [0.25, 0.3) is 0 Å². The summed E-state index contributed by atoms with van der Waals surface area (Å²) in [6.45, 7) is 0. The van der Waals surface area contributed by atoms with E-state index in [1.807, 2.05) is 18.2 Å². The zero-order valence-electron chi connectivity index (χ0n) is 13.9. The monoisotopic (exact) mass is 342 g/mol. The van der Waals surface area contributed by atoms with Crippen LogP contribution < -0.4 is 10.1 Å². The predicted octanol–water partition coefficient (Wildman–Crippen LogP) is 3.49. The molecular weight excluding hydrogens is 324 g/mol. The van der Waals surface area contributed by atoms with Gasteiger partial charge in [0.2, 0.25) is 0 Å². The molecule has 0 aromatic heterocycles. The third-order valence-electron chi connectivity index (χ3n) is 4.39. The van der Waals surface area contributed by atoms with Gasteiger partial charge in [0.25, 0.3) is 5.69 Å². The van der Waals surface area contributed by atoms with Crippen LogP contribution in [0.3, 0.4) is 0 Å². The summed E-state index contributed by atoms with van der Waals surface area (Å²) in [5, 5.41) is 14.4. The van der Waals surface area contributed by atoms with E-state index in [0.717, 1.165) is 29.7 Å². The molecule has 7 nitrogen and oxygen atoms in total. The van der Waals surface area contributed by atoms with Gasteiger partial charge in [-0.3, -0.25) is 10.1 Å². The number of nitro groups is 1. The summed E-state index contributed by atoms with van der Waals surface area (Å²) in [4.78, 5) is 22.3. The highest BCUT2D eigenvalue weighted by Gasteiger charge is 2.26. The third-order valence-corrected chi connectivity index (χ3v) is 4.39. The van der Waals surface area contributed by atoms with Crippen LogP contribution in [0, 0.1) is 10.1 Å². The molecule has 25 heavy (non-hydrogen) atoms. The van der Waals surface area contributed by atoms with E-state index in [4.69, 9.17) is 4.74 Å². The summed E-state index contributed by atoms with van der Waals surface area (Å²) in [7, 11) is 2.85. The van der Waals surface area contributed by atoms with Gasteiger partial charge in [0.1, 0.15) is 11.3 Å². The number of hydrogen-bond acceptors (Lipinski definition) is 6. The van der Waals surface area contributed by atoms with Gasteiger partial charge in [-0.1, -0.05) is 12.1 Å². The molecule has 2 aromatic carbocycles. The zero-order chi connectivity index (χ0) is 18.0. The van der Waals surface area contributed by atoms with E-state index in [1.54, 1.807) is 13.2 Å². The second kappa shape index (κ2) is 6.80. The average molecular weight is 342 g/mol. The van der Waals surface area contributed by atoms with Crippen LogP contribution in [0.1, 0.15) is 33.9 Å². The van der Waals surface area contributed by atoms with Gasteiger partial charge in [0, 0.05) is 11.8 Å². The van der Waals surface area contributed by atoms with E-state index >= 15 is 0 Å².